The van der Waals surface area contributed by atoms with E-state index in [4.69, 9.17) is 5.21 Å². The largest absolute Gasteiger partial charge is 0.411 e. The summed E-state index contributed by atoms with van der Waals surface area (Å²) >= 11 is 0. The number of aromatic nitrogens is 2. The lowest BCUT2D eigenvalue weighted by Crippen LogP contribution is -1.89. The first kappa shape index (κ1) is 7.67. The molecule has 0 saturated carbocycles. The molecule has 2 rings (SSSR count). The SMILES string of the molecule is ON=Cc1ccc2cccnc2n1. The lowest BCUT2D eigenvalue weighted by atomic mass is 10.2. The Morgan fingerprint density at radius 1 is 1.31 bits per heavy atom. The van der Waals surface area contributed by atoms with Crippen LogP contribution in [-0.2, 0) is 0 Å². The van der Waals surface area contributed by atoms with Gasteiger partial charge in [-0.2, -0.15) is 0 Å². The van der Waals surface area contributed by atoms with Gasteiger partial charge in [0.1, 0.15) is 0 Å². The number of hydrogen-bond acceptors (Lipinski definition) is 4. The van der Waals surface area contributed by atoms with Crippen molar-refractivity contribution < 1.29 is 5.21 Å². The molecule has 13 heavy (non-hydrogen) atoms. The minimum Gasteiger partial charge on any atom is -0.411 e. The molecule has 0 spiro atoms. The van der Waals surface area contributed by atoms with Gasteiger partial charge in [0.05, 0.1) is 11.9 Å². The third kappa shape index (κ3) is 1.46. The quantitative estimate of drug-likeness (QED) is 0.403. The smallest absolute Gasteiger partial charge is 0.159 e. The molecule has 2 aromatic heterocycles. The van der Waals surface area contributed by atoms with Gasteiger partial charge in [0, 0.05) is 11.6 Å². The molecule has 2 heterocycles. The summed E-state index contributed by atoms with van der Waals surface area (Å²) in [6.45, 7) is 0. The van der Waals surface area contributed by atoms with Gasteiger partial charge >= 0.3 is 0 Å². The number of nitrogens with zero attached hydrogens (tertiary/aromatic N) is 3. The molecule has 0 aliphatic carbocycles. The second kappa shape index (κ2) is 3.18. The topological polar surface area (TPSA) is 58.4 Å². The zero-order valence-corrected chi connectivity index (χ0v) is 6.75. The summed E-state index contributed by atoms with van der Waals surface area (Å²) in [4.78, 5) is 8.21. The average molecular weight is 173 g/mol. The van der Waals surface area contributed by atoms with Crippen LogP contribution >= 0.6 is 0 Å². The van der Waals surface area contributed by atoms with Crippen molar-refractivity contribution in [1.82, 2.24) is 9.97 Å². The molecule has 1 N–H and O–H groups in total. The lowest BCUT2D eigenvalue weighted by molar-refractivity contribution is 0.321. The Morgan fingerprint density at radius 3 is 3.08 bits per heavy atom. The van der Waals surface area contributed by atoms with Gasteiger partial charge in [-0.05, 0) is 24.3 Å². The zero-order chi connectivity index (χ0) is 9.10. The van der Waals surface area contributed by atoms with E-state index in [1.165, 1.54) is 6.21 Å². The standard InChI is InChI=1S/C9H7N3O/c13-11-6-8-4-3-7-2-1-5-10-9(7)12-8/h1-6,13H. The van der Waals surface area contributed by atoms with Crippen molar-refractivity contribution in [3.63, 3.8) is 0 Å². The molecule has 0 radical (unpaired) electrons. The molecule has 0 aliphatic heterocycles. The maximum absolute atomic E-state index is 8.30. The average Bonchev–Trinajstić information content (AvgIpc) is 2.18. The Labute approximate surface area is 74.6 Å². The van der Waals surface area contributed by atoms with Gasteiger partial charge in [-0.3, -0.25) is 0 Å². The first-order valence-electron chi connectivity index (χ1n) is 3.79. The van der Waals surface area contributed by atoms with Crippen molar-refractivity contribution in [2.24, 2.45) is 5.16 Å². The number of pyridine rings is 2. The van der Waals surface area contributed by atoms with Crippen molar-refractivity contribution in [3.05, 3.63) is 36.2 Å². The molecule has 4 nitrogen and oxygen atoms in total. The first-order valence-corrected chi connectivity index (χ1v) is 3.79. The fourth-order valence-corrected chi connectivity index (χ4v) is 1.10. The Bertz CT molecular complexity index is 453. The van der Waals surface area contributed by atoms with Crippen molar-refractivity contribution in [2.45, 2.75) is 0 Å². The predicted molar refractivity (Wildman–Crippen MR) is 48.9 cm³/mol. The van der Waals surface area contributed by atoms with Crippen molar-refractivity contribution in [1.29, 1.82) is 0 Å². The van der Waals surface area contributed by atoms with Crippen LogP contribution in [0.5, 0.6) is 0 Å². The van der Waals surface area contributed by atoms with E-state index in [1.807, 2.05) is 18.2 Å². The minimum atomic E-state index is 0.591. The van der Waals surface area contributed by atoms with E-state index in [1.54, 1.807) is 12.3 Å². The second-order valence-corrected chi connectivity index (χ2v) is 2.53. The lowest BCUT2D eigenvalue weighted by Gasteiger charge is -1.95. The number of oxime groups is 1. The molecule has 0 fully saturated rings. The van der Waals surface area contributed by atoms with Crippen LogP contribution in [0.1, 0.15) is 5.69 Å². The van der Waals surface area contributed by atoms with Crippen molar-refractivity contribution in [2.75, 3.05) is 0 Å². The fourth-order valence-electron chi connectivity index (χ4n) is 1.10. The fraction of sp³-hybridized carbons (Fsp3) is 0. The minimum absolute atomic E-state index is 0.591. The summed E-state index contributed by atoms with van der Waals surface area (Å²) in [6, 6.07) is 7.43. The molecule has 0 bridgehead atoms. The summed E-state index contributed by atoms with van der Waals surface area (Å²) in [7, 11) is 0. The highest BCUT2D eigenvalue weighted by atomic mass is 16.4. The van der Waals surface area contributed by atoms with Crippen LogP contribution in [0.3, 0.4) is 0 Å². The van der Waals surface area contributed by atoms with E-state index in [0.717, 1.165) is 5.39 Å². The molecule has 0 aliphatic rings. The van der Waals surface area contributed by atoms with E-state index in [2.05, 4.69) is 15.1 Å². The van der Waals surface area contributed by atoms with Gasteiger partial charge in [-0.1, -0.05) is 5.16 Å². The molecule has 4 heteroatoms. The summed E-state index contributed by atoms with van der Waals surface area (Å²) in [5.41, 5.74) is 1.24. The highest BCUT2D eigenvalue weighted by Gasteiger charge is 1.95. The van der Waals surface area contributed by atoms with E-state index in [-0.39, 0.29) is 0 Å². The van der Waals surface area contributed by atoms with Crippen LogP contribution in [-0.4, -0.2) is 21.4 Å². The molecule has 0 unspecified atom stereocenters. The van der Waals surface area contributed by atoms with Gasteiger partial charge in [0.2, 0.25) is 0 Å². The Kier molecular flexibility index (Phi) is 1.88. The molecule has 0 amide bonds. The van der Waals surface area contributed by atoms with Crippen LogP contribution in [0, 0.1) is 0 Å². The molecular weight excluding hydrogens is 166 g/mol. The third-order valence-corrected chi connectivity index (χ3v) is 1.68. The summed E-state index contributed by atoms with van der Waals surface area (Å²) in [5, 5.41) is 12.2. The monoisotopic (exact) mass is 173 g/mol. The molecule has 0 aromatic carbocycles. The van der Waals surface area contributed by atoms with E-state index >= 15 is 0 Å². The van der Waals surface area contributed by atoms with Crippen LogP contribution < -0.4 is 0 Å². The molecule has 0 saturated heterocycles. The van der Waals surface area contributed by atoms with Crippen molar-refractivity contribution in [3.8, 4) is 0 Å². The maximum Gasteiger partial charge on any atom is 0.159 e. The van der Waals surface area contributed by atoms with Crippen molar-refractivity contribution >= 4 is 17.2 Å². The molecular formula is C9H7N3O. The summed E-state index contributed by atoms with van der Waals surface area (Å²) < 4.78 is 0. The Balaban J connectivity index is 2.62. The van der Waals surface area contributed by atoms with Crippen LogP contribution in [0.25, 0.3) is 11.0 Å². The third-order valence-electron chi connectivity index (χ3n) is 1.68. The van der Waals surface area contributed by atoms with Crippen LogP contribution in [0.2, 0.25) is 0 Å². The van der Waals surface area contributed by atoms with Crippen LogP contribution in [0.4, 0.5) is 0 Å². The van der Waals surface area contributed by atoms with Gasteiger partial charge in [-0.15, -0.1) is 0 Å². The highest BCUT2D eigenvalue weighted by Crippen LogP contribution is 2.07. The predicted octanol–water partition coefficient (Wildman–Crippen LogP) is 1.44. The van der Waals surface area contributed by atoms with Gasteiger partial charge in [0.15, 0.2) is 5.65 Å². The molecule has 64 valence electrons. The van der Waals surface area contributed by atoms with Gasteiger partial charge in [-0.25, -0.2) is 9.97 Å². The molecule has 2 aromatic rings. The summed E-state index contributed by atoms with van der Waals surface area (Å²) in [6.07, 6.45) is 2.95. The van der Waals surface area contributed by atoms with E-state index in [0.29, 0.717) is 11.3 Å². The zero-order valence-electron chi connectivity index (χ0n) is 6.75. The number of fused-ring (bicyclic) bond motifs is 1. The maximum atomic E-state index is 8.30. The van der Waals surface area contributed by atoms with Gasteiger partial charge in [0.25, 0.3) is 0 Å². The Hall–Kier alpha value is -1.97. The normalized spacial score (nSPS) is 11.1. The first-order chi connectivity index (χ1) is 6.40. The van der Waals surface area contributed by atoms with E-state index < -0.39 is 0 Å². The Morgan fingerprint density at radius 2 is 2.23 bits per heavy atom. The molecule has 0 atom stereocenters. The highest BCUT2D eigenvalue weighted by molar-refractivity contribution is 5.82. The number of hydrogen-bond donors (Lipinski definition) is 1. The van der Waals surface area contributed by atoms with Crippen LogP contribution in [0.15, 0.2) is 35.6 Å². The second-order valence-electron chi connectivity index (χ2n) is 2.53. The van der Waals surface area contributed by atoms with Gasteiger partial charge < -0.3 is 5.21 Å². The summed E-state index contributed by atoms with van der Waals surface area (Å²) in [5.74, 6) is 0. The van der Waals surface area contributed by atoms with E-state index in [9.17, 15) is 0 Å². The number of rotatable bonds is 1.